The maximum absolute atomic E-state index is 8.79. The van der Waals surface area contributed by atoms with E-state index in [0.29, 0.717) is 5.56 Å². The molecule has 4 heteroatoms. The number of aromatic nitrogens is 2. The Kier molecular flexibility index (Phi) is 3.86. The second-order valence-electron chi connectivity index (χ2n) is 4.62. The Morgan fingerprint density at radius 1 is 1.32 bits per heavy atom. The number of rotatable bonds is 4. The van der Waals surface area contributed by atoms with E-state index in [-0.39, 0.29) is 0 Å². The van der Waals surface area contributed by atoms with Crippen LogP contribution in [0, 0.1) is 11.3 Å². The molecule has 1 aromatic carbocycles. The summed E-state index contributed by atoms with van der Waals surface area (Å²) in [5.41, 5.74) is 4.08. The zero-order chi connectivity index (χ0) is 13.8. The molecule has 0 aliphatic rings. The summed E-state index contributed by atoms with van der Waals surface area (Å²) in [5.74, 6) is 0. The molecule has 0 saturated carbocycles. The number of hydrogen-bond donors (Lipinski definition) is 0. The SMILES string of the molecule is CCc1cc(CN(C)c2ccc(C#N)cc2)n(C)n1. The van der Waals surface area contributed by atoms with Gasteiger partial charge >= 0.3 is 0 Å². The van der Waals surface area contributed by atoms with Crippen LogP contribution in [-0.2, 0) is 20.0 Å². The second-order valence-corrected chi connectivity index (χ2v) is 4.62. The van der Waals surface area contributed by atoms with Crippen molar-refractivity contribution in [1.29, 1.82) is 5.26 Å². The molecule has 19 heavy (non-hydrogen) atoms. The van der Waals surface area contributed by atoms with Crippen molar-refractivity contribution < 1.29 is 0 Å². The van der Waals surface area contributed by atoms with E-state index in [4.69, 9.17) is 5.26 Å². The molecule has 1 heterocycles. The van der Waals surface area contributed by atoms with Crippen molar-refractivity contribution >= 4 is 5.69 Å². The van der Waals surface area contributed by atoms with Crippen molar-refractivity contribution in [3.63, 3.8) is 0 Å². The predicted octanol–water partition coefficient (Wildman–Crippen LogP) is 2.49. The standard InChI is InChI=1S/C15H18N4/c1-4-13-9-15(19(3)17-13)11-18(2)14-7-5-12(10-16)6-8-14/h5-9H,4,11H2,1-3H3. The van der Waals surface area contributed by atoms with E-state index in [1.165, 1.54) is 5.69 Å². The summed E-state index contributed by atoms with van der Waals surface area (Å²) in [6.45, 7) is 2.91. The quantitative estimate of drug-likeness (QED) is 0.842. The minimum Gasteiger partial charge on any atom is -0.369 e. The zero-order valence-electron chi connectivity index (χ0n) is 11.6. The lowest BCUT2D eigenvalue weighted by molar-refractivity contribution is 0.689. The zero-order valence-corrected chi connectivity index (χ0v) is 11.6. The molecule has 4 nitrogen and oxygen atoms in total. The highest BCUT2D eigenvalue weighted by atomic mass is 15.3. The highest BCUT2D eigenvalue weighted by Gasteiger charge is 2.07. The van der Waals surface area contributed by atoms with Crippen LogP contribution in [0.4, 0.5) is 5.69 Å². The van der Waals surface area contributed by atoms with E-state index < -0.39 is 0 Å². The van der Waals surface area contributed by atoms with Crippen LogP contribution < -0.4 is 4.90 Å². The third kappa shape index (κ3) is 2.94. The molecule has 2 aromatic rings. The Morgan fingerprint density at radius 2 is 2.00 bits per heavy atom. The predicted molar refractivity (Wildman–Crippen MR) is 75.9 cm³/mol. The fourth-order valence-electron chi connectivity index (χ4n) is 2.02. The Hall–Kier alpha value is -2.28. The summed E-state index contributed by atoms with van der Waals surface area (Å²) in [5, 5.41) is 13.2. The maximum atomic E-state index is 8.79. The minimum absolute atomic E-state index is 0.686. The van der Waals surface area contributed by atoms with Gasteiger partial charge in [0, 0.05) is 19.8 Å². The van der Waals surface area contributed by atoms with Gasteiger partial charge in [-0.2, -0.15) is 10.4 Å². The summed E-state index contributed by atoms with van der Waals surface area (Å²) in [6.07, 6.45) is 0.953. The molecule has 0 spiro atoms. The molecule has 0 atom stereocenters. The molecule has 0 aliphatic heterocycles. The number of anilines is 1. The average Bonchev–Trinajstić information content (AvgIpc) is 2.79. The van der Waals surface area contributed by atoms with Crippen LogP contribution in [0.15, 0.2) is 30.3 Å². The van der Waals surface area contributed by atoms with Gasteiger partial charge in [0.1, 0.15) is 0 Å². The maximum Gasteiger partial charge on any atom is 0.0991 e. The van der Waals surface area contributed by atoms with E-state index in [2.05, 4.69) is 29.1 Å². The van der Waals surface area contributed by atoms with E-state index in [1.807, 2.05) is 43.0 Å². The van der Waals surface area contributed by atoms with Gasteiger partial charge in [-0.1, -0.05) is 6.92 Å². The first-order valence-electron chi connectivity index (χ1n) is 6.37. The molecule has 2 rings (SSSR count). The molecule has 0 N–H and O–H groups in total. The number of aryl methyl sites for hydroxylation is 2. The third-order valence-corrected chi connectivity index (χ3v) is 3.23. The van der Waals surface area contributed by atoms with Gasteiger partial charge in [-0.3, -0.25) is 4.68 Å². The van der Waals surface area contributed by atoms with E-state index in [0.717, 1.165) is 24.3 Å². The van der Waals surface area contributed by atoms with Gasteiger partial charge < -0.3 is 4.90 Å². The lowest BCUT2D eigenvalue weighted by atomic mass is 10.2. The molecule has 0 saturated heterocycles. The molecule has 0 radical (unpaired) electrons. The smallest absolute Gasteiger partial charge is 0.0991 e. The van der Waals surface area contributed by atoms with Gasteiger partial charge in [-0.05, 0) is 36.8 Å². The number of benzene rings is 1. The van der Waals surface area contributed by atoms with Crippen LogP contribution in [0.1, 0.15) is 23.9 Å². The third-order valence-electron chi connectivity index (χ3n) is 3.23. The number of nitrogens with zero attached hydrogens (tertiary/aromatic N) is 4. The van der Waals surface area contributed by atoms with Crippen molar-refractivity contribution in [1.82, 2.24) is 9.78 Å². The molecule has 1 aromatic heterocycles. The molecule has 0 amide bonds. The topological polar surface area (TPSA) is 44.9 Å². The van der Waals surface area contributed by atoms with Crippen molar-refractivity contribution in [3.8, 4) is 6.07 Å². The van der Waals surface area contributed by atoms with E-state index in [9.17, 15) is 0 Å². The first-order valence-corrected chi connectivity index (χ1v) is 6.37. The summed E-state index contributed by atoms with van der Waals surface area (Å²) in [7, 11) is 4.01. The van der Waals surface area contributed by atoms with Crippen LogP contribution in [0.5, 0.6) is 0 Å². The summed E-state index contributed by atoms with van der Waals surface area (Å²) in [6, 6.07) is 11.9. The molecular formula is C15H18N4. The Labute approximate surface area is 113 Å². The summed E-state index contributed by atoms with van der Waals surface area (Å²) < 4.78 is 1.93. The Morgan fingerprint density at radius 3 is 2.53 bits per heavy atom. The summed E-state index contributed by atoms with van der Waals surface area (Å²) >= 11 is 0. The monoisotopic (exact) mass is 254 g/mol. The Bertz CT molecular complexity index is 590. The highest BCUT2D eigenvalue weighted by molar-refractivity contribution is 5.49. The van der Waals surface area contributed by atoms with Gasteiger partial charge in [-0.15, -0.1) is 0 Å². The molecule has 0 fully saturated rings. The normalized spacial score (nSPS) is 10.2. The van der Waals surface area contributed by atoms with Crippen molar-refractivity contribution in [2.75, 3.05) is 11.9 Å². The summed E-state index contributed by atoms with van der Waals surface area (Å²) in [4.78, 5) is 2.15. The van der Waals surface area contributed by atoms with Crippen LogP contribution in [0.25, 0.3) is 0 Å². The van der Waals surface area contributed by atoms with Crippen molar-refractivity contribution in [2.45, 2.75) is 19.9 Å². The van der Waals surface area contributed by atoms with Crippen LogP contribution in [-0.4, -0.2) is 16.8 Å². The number of nitriles is 1. The van der Waals surface area contributed by atoms with Crippen LogP contribution >= 0.6 is 0 Å². The fourth-order valence-corrected chi connectivity index (χ4v) is 2.02. The van der Waals surface area contributed by atoms with Gasteiger partial charge in [0.05, 0.1) is 29.6 Å². The highest BCUT2D eigenvalue weighted by Crippen LogP contribution is 2.16. The second kappa shape index (κ2) is 5.57. The van der Waals surface area contributed by atoms with Crippen LogP contribution in [0.3, 0.4) is 0 Å². The van der Waals surface area contributed by atoms with Gasteiger partial charge in [0.2, 0.25) is 0 Å². The van der Waals surface area contributed by atoms with E-state index in [1.54, 1.807) is 0 Å². The lowest BCUT2D eigenvalue weighted by Gasteiger charge is -2.19. The van der Waals surface area contributed by atoms with Gasteiger partial charge in [-0.25, -0.2) is 0 Å². The first-order chi connectivity index (χ1) is 9.13. The first kappa shape index (κ1) is 13.2. The molecule has 0 bridgehead atoms. The average molecular weight is 254 g/mol. The van der Waals surface area contributed by atoms with Gasteiger partial charge in [0.25, 0.3) is 0 Å². The fraction of sp³-hybridized carbons (Fsp3) is 0.333. The minimum atomic E-state index is 0.686. The van der Waals surface area contributed by atoms with Crippen molar-refractivity contribution in [3.05, 3.63) is 47.3 Å². The largest absolute Gasteiger partial charge is 0.369 e. The van der Waals surface area contributed by atoms with Crippen molar-refractivity contribution in [2.24, 2.45) is 7.05 Å². The molecular weight excluding hydrogens is 236 g/mol. The molecule has 0 aliphatic carbocycles. The van der Waals surface area contributed by atoms with E-state index >= 15 is 0 Å². The number of hydrogen-bond acceptors (Lipinski definition) is 3. The van der Waals surface area contributed by atoms with Crippen LogP contribution in [0.2, 0.25) is 0 Å². The lowest BCUT2D eigenvalue weighted by Crippen LogP contribution is -2.18. The molecule has 0 unspecified atom stereocenters. The Balaban J connectivity index is 2.13. The van der Waals surface area contributed by atoms with Gasteiger partial charge in [0.15, 0.2) is 0 Å². The molecule has 98 valence electrons.